The van der Waals surface area contributed by atoms with Gasteiger partial charge in [0.1, 0.15) is 22.5 Å². The van der Waals surface area contributed by atoms with Gasteiger partial charge in [-0.2, -0.15) is 0 Å². The number of nitrogens with two attached hydrogens (primary N) is 1. The number of carbonyl (C=O) groups excluding carboxylic acids is 1. The number of carbonyl (C=O) groups is 1. The Morgan fingerprint density at radius 2 is 1.68 bits per heavy atom. The van der Waals surface area contributed by atoms with Gasteiger partial charge in [0.05, 0.1) is 0 Å². The highest BCUT2D eigenvalue weighted by Crippen LogP contribution is 2.42. The second-order valence-corrected chi connectivity index (χ2v) is 8.96. The molecule has 1 aromatic heterocycles. The Bertz CT molecular complexity index is 998. The van der Waals surface area contributed by atoms with Crippen molar-refractivity contribution >= 4 is 16.9 Å². The van der Waals surface area contributed by atoms with Gasteiger partial charge in [-0.1, -0.05) is 46.8 Å². The minimum absolute atomic E-state index is 0.0286. The van der Waals surface area contributed by atoms with Gasteiger partial charge >= 0.3 is 0 Å². The van der Waals surface area contributed by atoms with Crippen molar-refractivity contribution in [2.24, 2.45) is 11.3 Å². The van der Waals surface area contributed by atoms with Crippen molar-refractivity contribution in [3.05, 3.63) is 47.5 Å². The lowest BCUT2D eigenvalue weighted by atomic mass is 9.71. The topological polar surface area (TPSA) is 106 Å². The first-order valence-electron chi connectivity index (χ1n) is 9.23. The van der Waals surface area contributed by atoms with E-state index < -0.39 is 11.3 Å². The molecule has 0 aliphatic heterocycles. The highest BCUT2D eigenvalue weighted by Gasteiger charge is 2.32. The summed E-state index contributed by atoms with van der Waals surface area (Å²) in [5.74, 6) is 4.97. The Kier molecular flexibility index (Phi) is 4.89. The molecule has 0 radical (unpaired) electrons. The van der Waals surface area contributed by atoms with Crippen LogP contribution in [0.5, 0.6) is 5.75 Å². The van der Waals surface area contributed by atoms with Crippen molar-refractivity contribution in [3.63, 3.8) is 0 Å². The number of aromatic nitrogens is 3. The van der Waals surface area contributed by atoms with E-state index in [0.29, 0.717) is 27.8 Å². The number of phenols is 1. The van der Waals surface area contributed by atoms with Crippen LogP contribution in [0.15, 0.2) is 36.4 Å². The number of hydrogen-bond donors (Lipinski definition) is 3. The molecule has 0 unspecified atom stereocenters. The second kappa shape index (κ2) is 6.91. The number of hydrogen-bond acceptors (Lipinski definition) is 5. The third-order valence-electron chi connectivity index (χ3n) is 4.69. The number of benzene rings is 2. The summed E-state index contributed by atoms with van der Waals surface area (Å²) in [6, 6.07) is 10.7. The standard InChI is InChI=1S/C21H27N5O2/c1-20(2,3)12-21(4,5)14-10-13(19(28)23-22)11-17(18(14)27)26-24-15-8-6-7-9-16(15)25-26/h6-11,27H,12,22H2,1-5H3,(H,23,28). The summed E-state index contributed by atoms with van der Waals surface area (Å²) in [5.41, 5.74) is 4.53. The van der Waals surface area contributed by atoms with E-state index in [1.165, 1.54) is 4.80 Å². The Balaban J connectivity index is 2.23. The molecule has 3 rings (SSSR count). The van der Waals surface area contributed by atoms with Crippen LogP contribution in [0.25, 0.3) is 16.7 Å². The highest BCUT2D eigenvalue weighted by atomic mass is 16.3. The molecule has 2 aromatic carbocycles. The molecule has 0 fully saturated rings. The Morgan fingerprint density at radius 3 is 2.18 bits per heavy atom. The van der Waals surface area contributed by atoms with Crippen LogP contribution in [0.1, 0.15) is 57.0 Å². The summed E-state index contributed by atoms with van der Waals surface area (Å²) in [6.07, 6.45) is 0.801. The molecule has 148 valence electrons. The fourth-order valence-corrected chi connectivity index (χ4v) is 3.89. The molecule has 0 aliphatic rings. The molecule has 7 heteroatoms. The van der Waals surface area contributed by atoms with Crippen LogP contribution >= 0.6 is 0 Å². The van der Waals surface area contributed by atoms with E-state index in [9.17, 15) is 9.90 Å². The molecular formula is C21H27N5O2. The number of phenolic OH excluding ortho intramolecular Hbond substituents is 1. The summed E-state index contributed by atoms with van der Waals surface area (Å²) in [5, 5.41) is 20.0. The normalized spacial score (nSPS) is 12.4. The summed E-state index contributed by atoms with van der Waals surface area (Å²) in [4.78, 5) is 13.6. The Morgan fingerprint density at radius 1 is 1.11 bits per heavy atom. The van der Waals surface area contributed by atoms with Gasteiger partial charge in [-0.3, -0.25) is 10.2 Å². The van der Waals surface area contributed by atoms with E-state index in [0.717, 1.165) is 6.42 Å². The number of amides is 1. The monoisotopic (exact) mass is 381 g/mol. The zero-order valence-corrected chi connectivity index (χ0v) is 16.9. The number of nitrogens with zero attached hydrogens (tertiary/aromatic N) is 3. The smallest absolute Gasteiger partial charge is 0.265 e. The van der Waals surface area contributed by atoms with Crippen LogP contribution in [0, 0.1) is 5.41 Å². The molecule has 0 spiro atoms. The van der Waals surface area contributed by atoms with E-state index in [1.54, 1.807) is 12.1 Å². The SMILES string of the molecule is CC(C)(C)CC(C)(C)c1cc(C(=O)NN)cc(-n2nc3ccccc3n2)c1O. The molecule has 4 N–H and O–H groups in total. The van der Waals surface area contributed by atoms with Crippen LogP contribution < -0.4 is 11.3 Å². The summed E-state index contributed by atoms with van der Waals surface area (Å²) in [7, 11) is 0. The van der Waals surface area contributed by atoms with Crippen LogP contribution in [0.2, 0.25) is 0 Å². The molecule has 0 saturated heterocycles. The van der Waals surface area contributed by atoms with Crippen molar-refractivity contribution in [1.82, 2.24) is 20.4 Å². The number of hydrazine groups is 1. The van der Waals surface area contributed by atoms with Gasteiger partial charge in [0.2, 0.25) is 0 Å². The lowest BCUT2D eigenvalue weighted by Crippen LogP contribution is -2.31. The first-order valence-corrected chi connectivity index (χ1v) is 9.23. The van der Waals surface area contributed by atoms with Crippen molar-refractivity contribution < 1.29 is 9.90 Å². The largest absolute Gasteiger partial charge is 0.505 e. The number of aromatic hydroxyl groups is 1. The van der Waals surface area contributed by atoms with Gasteiger partial charge < -0.3 is 5.11 Å². The predicted octanol–water partition coefficient (Wildman–Crippen LogP) is 3.44. The van der Waals surface area contributed by atoms with Crippen LogP contribution in [-0.2, 0) is 5.41 Å². The van der Waals surface area contributed by atoms with Crippen molar-refractivity contribution in [3.8, 4) is 11.4 Å². The van der Waals surface area contributed by atoms with Crippen molar-refractivity contribution in [2.75, 3.05) is 0 Å². The van der Waals surface area contributed by atoms with Crippen LogP contribution in [0.3, 0.4) is 0 Å². The maximum Gasteiger partial charge on any atom is 0.265 e. The minimum Gasteiger partial charge on any atom is -0.505 e. The van der Waals surface area contributed by atoms with Crippen molar-refractivity contribution in [2.45, 2.75) is 46.5 Å². The third kappa shape index (κ3) is 3.84. The molecule has 0 atom stereocenters. The molecular weight excluding hydrogens is 354 g/mol. The molecule has 0 saturated carbocycles. The zero-order chi connectivity index (χ0) is 20.7. The summed E-state index contributed by atoms with van der Waals surface area (Å²) >= 11 is 0. The Labute approximate surface area is 164 Å². The van der Waals surface area contributed by atoms with Gasteiger partial charge in [0.15, 0.2) is 0 Å². The fraction of sp³-hybridized carbons (Fsp3) is 0.381. The third-order valence-corrected chi connectivity index (χ3v) is 4.69. The summed E-state index contributed by atoms with van der Waals surface area (Å²) < 4.78 is 0. The van der Waals surface area contributed by atoms with Gasteiger partial charge in [0, 0.05) is 11.1 Å². The van der Waals surface area contributed by atoms with E-state index >= 15 is 0 Å². The molecule has 0 aliphatic carbocycles. The van der Waals surface area contributed by atoms with E-state index in [4.69, 9.17) is 5.84 Å². The zero-order valence-electron chi connectivity index (χ0n) is 16.9. The first-order chi connectivity index (χ1) is 13.0. The fourth-order valence-electron chi connectivity index (χ4n) is 3.89. The number of nitrogens with one attached hydrogen (secondary N) is 1. The van der Waals surface area contributed by atoms with E-state index in [1.807, 2.05) is 38.1 Å². The summed E-state index contributed by atoms with van der Waals surface area (Å²) in [6.45, 7) is 10.5. The van der Waals surface area contributed by atoms with Gasteiger partial charge in [-0.25, -0.2) is 5.84 Å². The molecule has 0 bridgehead atoms. The average molecular weight is 381 g/mol. The van der Waals surface area contributed by atoms with Crippen LogP contribution in [0.4, 0.5) is 0 Å². The van der Waals surface area contributed by atoms with Crippen LogP contribution in [-0.4, -0.2) is 26.0 Å². The van der Waals surface area contributed by atoms with E-state index in [-0.39, 0.29) is 11.2 Å². The lowest BCUT2D eigenvalue weighted by Gasteiger charge is -2.34. The second-order valence-electron chi connectivity index (χ2n) is 8.96. The quantitative estimate of drug-likeness (QED) is 0.365. The average Bonchev–Trinajstić information content (AvgIpc) is 3.02. The van der Waals surface area contributed by atoms with Gasteiger partial charge in [-0.15, -0.1) is 15.0 Å². The molecule has 1 heterocycles. The molecule has 28 heavy (non-hydrogen) atoms. The molecule has 7 nitrogen and oxygen atoms in total. The maximum atomic E-state index is 12.3. The first kappa shape index (κ1) is 19.8. The van der Waals surface area contributed by atoms with Crippen molar-refractivity contribution in [1.29, 1.82) is 0 Å². The van der Waals surface area contributed by atoms with E-state index in [2.05, 4.69) is 36.4 Å². The lowest BCUT2D eigenvalue weighted by molar-refractivity contribution is 0.0953. The Hall–Kier alpha value is -2.93. The minimum atomic E-state index is -0.439. The predicted molar refractivity (Wildman–Crippen MR) is 109 cm³/mol. The number of rotatable bonds is 4. The molecule has 1 amide bonds. The number of nitrogen functional groups attached to an aromatic ring is 1. The maximum absolute atomic E-state index is 12.3. The highest BCUT2D eigenvalue weighted by molar-refractivity contribution is 5.95. The number of fused-ring (bicyclic) bond motifs is 1. The van der Waals surface area contributed by atoms with Gasteiger partial charge in [0.25, 0.3) is 5.91 Å². The molecule has 3 aromatic rings. The van der Waals surface area contributed by atoms with Gasteiger partial charge in [-0.05, 0) is 41.5 Å².